The molecule has 7 nitrogen and oxygen atoms in total. The van der Waals surface area contributed by atoms with E-state index in [1.807, 2.05) is 6.07 Å². The second-order valence-corrected chi connectivity index (χ2v) is 6.65. The predicted molar refractivity (Wildman–Crippen MR) is 111 cm³/mol. The summed E-state index contributed by atoms with van der Waals surface area (Å²) in [7, 11) is 0. The lowest BCUT2D eigenvalue weighted by molar-refractivity contribution is -0.384. The molecule has 0 saturated carbocycles. The van der Waals surface area contributed by atoms with E-state index in [4.69, 9.17) is 17.6 Å². The van der Waals surface area contributed by atoms with E-state index in [1.165, 1.54) is 12.1 Å². The van der Waals surface area contributed by atoms with Gasteiger partial charge in [-0.1, -0.05) is 42.5 Å². The van der Waals surface area contributed by atoms with Gasteiger partial charge in [0.25, 0.3) is 5.69 Å². The van der Waals surface area contributed by atoms with E-state index in [0.29, 0.717) is 17.0 Å². The Kier molecular flexibility index (Phi) is 5.54. The van der Waals surface area contributed by atoms with Crippen molar-refractivity contribution in [3.05, 3.63) is 75.8 Å². The third-order valence-corrected chi connectivity index (χ3v) is 4.81. The standard InChI is InChI=1S/C20H16N4O3S/c1-12-17(19(25)23-14-7-3-2-4-8-14)18(16(11-21)20(28)22-12)13-6-5-9-15(10-13)24(26)27/h2-10,17-18,21H,1H3,(H,23,25)/t17?,18-/m1/s1. The molecular formula is C20H16N4O3S. The highest BCUT2D eigenvalue weighted by Crippen LogP contribution is 2.38. The van der Waals surface area contributed by atoms with Crippen LogP contribution in [0, 0.1) is 21.4 Å². The maximum Gasteiger partial charge on any atom is 0.269 e. The number of non-ortho nitro benzene ring substituents is 1. The summed E-state index contributed by atoms with van der Waals surface area (Å²) in [6.45, 7) is 1.69. The van der Waals surface area contributed by atoms with Gasteiger partial charge >= 0.3 is 0 Å². The third-order valence-electron chi connectivity index (χ3n) is 4.50. The summed E-state index contributed by atoms with van der Waals surface area (Å²) in [4.78, 5) is 28.2. The number of nitro benzene ring substituents is 1. The van der Waals surface area contributed by atoms with Crippen LogP contribution >= 0.6 is 12.2 Å². The van der Waals surface area contributed by atoms with Gasteiger partial charge < -0.3 is 5.32 Å². The van der Waals surface area contributed by atoms with Gasteiger partial charge in [0.15, 0.2) is 0 Å². The molecule has 28 heavy (non-hydrogen) atoms. The Labute approximate surface area is 166 Å². The quantitative estimate of drug-likeness (QED) is 0.270. The molecule has 1 unspecified atom stereocenters. The van der Waals surface area contributed by atoms with Crippen LogP contribution in [0.15, 0.2) is 65.2 Å². The predicted octanol–water partition coefficient (Wildman–Crippen LogP) is 3.91. The monoisotopic (exact) mass is 392 g/mol. The molecule has 0 saturated heterocycles. The van der Waals surface area contributed by atoms with Crippen molar-refractivity contribution in [2.45, 2.75) is 12.8 Å². The maximum atomic E-state index is 13.1. The Morgan fingerprint density at radius 1 is 1.25 bits per heavy atom. The fraction of sp³-hybridized carbons (Fsp3) is 0.150. The first-order chi connectivity index (χ1) is 13.4. The van der Waals surface area contributed by atoms with E-state index in [1.54, 1.807) is 43.3 Å². The lowest BCUT2D eigenvalue weighted by Gasteiger charge is -2.31. The number of aliphatic imine (C=N–C) groups is 1. The van der Waals surface area contributed by atoms with Gasteiger partial charge in [0, 0.05) is 29.4 Å². The Morgan fingerprint density at radius 2 is 1.96 bits per heavy atom. The number of hydrogen-bond acceptors (Lipinski definition) is 5. The average Bonchev–Trinajstić information content (AvgIpc) is 2.68. The summed E-state index contributed by atoms with van der Waals surface area (Å²) in [5.74, 6) is 0.490. The van der Waals surface area contributed by atoms with Crippen molar-refractivity contribution in [1.29, 1.82) is 5.41 Å². The van der Waals surface area contributed by atoms with Gasteiger partial charge in [-0.3, -0.25) is 20.3 Å². The first-order valence-electron chi connectivity index (χ1n) is 8.41. The number of nitrogens with zero attached hydrogens (tertiary/aromatic N) is 2. The summed E-state index contributed by atoms with van der Waals surface area (Å²) in [5.41, 5.74) is 1.76. The summed E-state index contributed by atoms with van der Waals surface area (Å²) in [6.07, 6.45) is 0. The van der Waals surface area contributed by atoms with Crippen molar-refractivity contribution in [3.63, 3.8) is 0 Å². The van der Waals surface area contributed by atoms with Gasteiger partial charge in [-0.25, -0.2) is 4.99 Å². The molecule has 140 valence electrons. The number of thiocarbonyl (C=S) groups is 1. The zero-order valence-corrected chi connectivity index (χ0v) is 15.7. The smallest absolute Gasteiger partial charge is 0.269 e. The number of amides is 1. The van der Waals surface area contributed by atoms with E-state index in [2.05, 4.69) is 16.2 Å². The minimum atomic E-state index is -0.776. The van der Waals surface area contributed by atoms with Crippen LogP contribution in [0.1, 0.15) is 18.4 Å². The lowest BCUT2D eigenvalue weighted by atomic mass is 9.76. The van der Waals surface area contributed by atoms with Crippen LogP contribution < -0.4 is 5.32 Å². The van der Waals surface area contributed by atoms with Crippen LogP contribution in [0.4, 0.5) is 11.4 Å². The van der Waals surface area contributed by atoms with E-state index < -0.39 is 16.8 Å². The van der Waals surface area contributed by atoms with Crippen LogP contribution in [0.3, 0.4) is 0 Å². The maximum absolute atomic E-state index is 13.1. The Bertz CT molecular complexity index is 1040. The molecule has 3 rings (SSSR count). The van der Waals surface area contributed by atoms with Crippen molar-refractivity contribution in [2.24, 2.45) is 10.9 Å². The lowest BCUT2D eigenvalue weighted by Crippen LogP contribution is -2.38. The zero-order valence-electron chi connectivity index (χ0n) is 14.9. The van der Waals surface area contributed by atoms with E-state index in [0.717, 1.165) is 0 Å². The van der Waals surface area contributed by atoms with E-state index in [9.17, 15) is 14.9 Å². The molecule has 0 fully saturated rings. The number of hydrogen-bond donors (Lipinski definition) is 2. The normalized spacial score (nSPS) is 18.8. The van der Waals surface area contributed by atoms with Crippen LogP contribution in [0.5, 0.6) is 0 Å². The molecule has 0 aliphatic carbocycles. The molecule has 1 amide bonds. The Hall–Kier alpha value is -3.48. The minimum absolute atomic E-state index is 0.102. The highest BCUT2D eigenvalue weighted by atomic mass is 32.1. The van der Waals surface area contributed by atoms with Crippen molar-refractivity contribution in [3.8, 4) is 0 Å². The molecule has 1 aliphatic rings. The first-order valence-corrected chi connectivity index (χ1v) is 8.82. The fourth-order valence-electron chi connectivity index (χ4n) is 3.24. The summed E-state index contributed by atoms with van der Waals surface area (Å²) in [6, 6.07) is 14.9. The van der Waals surface area contributed by atoms with Gasteiger partial charge in [-0.2, -0.15) is 0 Å². The highest BCUT2D eigenvalue weighted by Gasteiger charge is 2.40. The molecular weight excluding hydrogens is 376 g/mol. The van der Waals surface area contributed by atoms with Gasteiger partial charge in [-0.05, 0) is 30.5 Å². The number of nitro groups is 1. The van der Waals surface area contributed by atoms with Gasteiger partial charge in [0.05, 0.1) is 16.4 Å². The van der Waals surface area contributed by atoms with E-state index >= 15 is 0 Å². The molecule has 2 atom stereocenters. The first kappa shape index (κ1) is 19.3. The van der Waals surface area contributed by atoms with Crippen LogP contribution in [0.25, 0.3) is 0 Å². The number of rotatable bonds is 4. The molecule has 1 heterocycles. The number of benzene rings is 2. The zero-order chi connectivity index (χ0) is 20.3. The van der Waals surface area contributed by atoms with Gasteiger partial charge in [0.1, 0.15) is 4.99 Å². The van der Waals surface area contributed by atoms with Gasteiger partial charge in [-0.15, -0.1) is 0 Å². The van der Waals surface area contributed by atoms with Crippen molar-refractivity contribution >= 4 is 46.1 Å². The summed E-state index contributed by atoms with van der Waals surface area (Å²) < 4.78 is 0. The average molecular weight is 392 g/mol. The van der Waals surface area contributed by atoms with E-state index in [-0.39, 0.29) is 22.2 Å². The fourth-order valence-corrected chi connectivity index (χ4v) is 3.56. The number of para-hydroxylation sites is 1. The van der Waals surface area contributed by atoms with Crippen LogP contribution in [-0.4, -0.2) is 27.4 Å². The topological polar surface area (TPSA) is 108 Å². The van der Waals surface area contributed by atoms with Crippen LogP contribution in [0.2, 0.25) is 0 Å². The molecule has 0 aromatic heterocycles. The molecule has 2 aromatic carbocycles. The summed E-state index contributed by atoms with van der Waals surface area (Å²) in [5, 5.41) is 21.7. The molecule has 2 aromatic rings. The molecule has 0 spiro atoms. The highest BCUT2D eigenvalue weighted by molar-refractivity contribution is 7.80. The Morgan fingerprint density at radius 3 is 2.61 bits per heavy atom. The minimum Gasteiger partial charge on any atom is -0.325 e. The van der Waals surface area contributed by atoms with Crippen molar-refractivity contribution in [1.82, 2.24) is 0 Å². The van der Waals surface area contributed by atoms with Crippen LogP contribution in [-0.2, 0) is 4.79 Å². The second-order valence-electron chi connectivity index (χ2n) is 6.26. The third kappa shape index (κ3) is 3.78. The molecule has 0 bridgehead atoms. The number of anilines is 1. The SMILES string of the molecule is CC1=NC(=S)C(=C=N)[C@@H](c2cccc([N+](=O)[O-])c2)C1C(=O)Nc1ccccc1. The number of nitrogens with one attached hydrogen (secondary N) is 2. The van der Waals surface area contributed by atoms with Gasteiger partial charge in [0.2, 0.25) is 5.91 Å². The largest absolute Gasteiger partial charge is 0.325 e. The Balaban J connectivity index is 2.09. The second kappa shape index (κ2) is 8.04. The van der Waals surface area contributed by atoms with Crippen molar-refractivity contribution in [2.75, 3.05) is 5.32 Å². The van der Waals surface area contributed by atoms with Crippen molar-refractivity contribution < 1.29 is 9.72 Å². The summed E-state index contributed by atoms with van der Waals surface area (Å²) >= 11 is 5.26. The molecule has 8 heteroatoms. The molecule has 1 aliphatic heterocycles. The molecule has 0 radical (unpaired) electrons. The number of carbonyl (C=O) groups excluding carboxylic acids is 1. The molecule has 2 N–H and O–H groups in total. The number of carbonyl (C=O) groups is 1.